The first-order valence-electron chi connectivity index (χ1n) is 4.86. The molecule has 1 saturated carbocycles. The van der Waals surface area contributed by atoms with Gasteiger partial charge in [-0.05, 0) is 18.9 Å². The Kier molecular flexibility index (Phi) is 2.47. The van der Waals surface area contributed by atoms with Crippen molar-refractivity contribution in [1.29, 1.82) is 0 Å². The van der Waals surface area contributed by atoms with Crippen molar-refractivity contribution in [3.05, 3.63) is 33.9 Å². The van der Waals surface area contributed by atoms with Gasteiger partial charge >= 0.3 is 5.97 Å². The molecule has 0 bridgehead atoms. The van der Waals surface area contributed by atoms with E-state index in [2.05, 4.69) is 5.32 Å². The summed E-state index contributed by atoms with van der Waals surface area (Å²) in [5, 5.41) is 22.5. The number of anilines is 1. The third-order valence-electron chi connectivity index (χ3n) is 2.38. The van der Waals surface area contributed by atoms with Crippen LogP contribution in [0.5, 0.6) is 0 Å². The summed E-state index contributed by atoms with van der Waals surface area (Å²) >= 11 is 0. The first-order chi connectivity index (χ1) is 7.58. The van der Waals surface area contributed by atoms with E-state index in [1.54, 1.807) is 0 Å². The molecule has 1 aromatic carbocycles. The second-order valence-electron chi connectivity index (χ2n) is 3.71. The first kappa shape index (κ1) is 10.4. The highest BCUT2D eigenvalue weighted by Crippen LogP contribution is 2.28. The number of nitro groups is 1. The van der Waals surface area contributed by atoms with Crippen molar-refractivity contribution < 1.29 is 14.8 Å². The molecule has 0 radical (unpaired) electrons. The van der Waals surface area contributed by atoms with Crippen molar-refractivity contribution in [2.75, 3.05) is 5.32 Å². The molecule has 1 aliphatic rings. The Bertz CT molecular complexity index is 454. The van der Waals surface area contributed by atoms with Gasteiger partial charge in [-0.2, -0.15) is 0 Å². The van der Waals surface area contributed by atoms with Crippen LogP contribution in [-0.2, 0) is 0 Å². The number of nitro benzene ring substituents is 1. The average molecular weight is 222 g/mol. The lowest BCUT2D eigenvalue weighted by atomic mass is 10.1. The number of benzene rings is 1. The van der Waals surface area contributed by atoms with E-state index in [1.165, 1.54) is 12.1 Å². The molecule has 1 aromatic rings. The van der Waals surface area contributed by atoms with E-state index in [4.69, 9.17) is 5.11 Å². The molecule has 1 fully saturated rings. The molecular formula is C10H10N2O4. The highest BCUT2D eigenvalue weighted by molar-refractivity contribution is 5.95. The van der Waals surface area contributed by atoms with Gasteiger partial charge < -0.3 is 10.4 Å². The number of rotatable bonds is 4. The number of hydrogen-bond acceptors (Lipinski definition) is 4. The van der Waals surface area contributed by atoms with E-state index < -0.39 is 10.9 Å². The number of aromatic carboxylic acids is 1. The lowest BCUT2D eigenvalue weighted by Crippen LogP contribution is -2.08. The van der Waals surface area contributed by atoms with Gasteiger partial charge in [-0.15, -0.1) is 0 Å². The van der Waals surface area contributed by atoms with Gasteiger partial charge in [0.05, 0.1) is 10.5 Å². The molecule has 16 heavy (non-hydrogen) atoms. The predicted molar refractivity (Wildman–Crippen MR) is 56.7 cm³/mol. The van der Waals surface area contributed by atoms with Crippen molar-refractivity contribution in [2.24, 2.45) is 0 Å². The maximum atomic E-state index is 10.9. The molecule has 0 aromatic heterocycles. The fourth-order valence-corrected chi connectivity index (χ4v) is 1.40. The highest BCUT2D eigenvalue weighted by Gasteiger charge is 2.24. The molecular weight excluding hydrogens is 212 g/mol. The third kappa shape index (κ3) is 2.10. The monoisotopic (exact) mass is 222 g/mol. The van der Waals surface area contributed by atoms with Crippen molar-refractivity contribution in [3.63, 3.8) is 0 Å². The Balaban J connectivity index is 2.35. The molecule has 0 aliphatic heterocycles. The molecule has 1 aliphatic carbocycles. The summed E-state index contributed by atoms with van der Waals surface area (Å²) in [7, 11) is 0. The molecule has 2 rings (SSSR count). The molecule has 84 valence electrons. The Hall–Kier alpha value is -2.11. The summed E-state index contributed by atoms with van der Waals surface area (Å²) in [6.45, 7) is 0. The number of carbonyl (C=O) groups is 1. The molecule has 0 unspecified atom stereocenters. The Morgan fingerprint density at radius 2 is 2.19 bits per heavy atom. The first-order valence-corrected chi connectivity index (χ1v) is 4.86. The van der Waals surface area contributed by atoms with E-state index in [1.807, 2.05) is 0 Å². The second-order valence-corrected chi connectivity index (χ2v) is 3.71. The topological polar surface area (TPSA) is 92.5 Å². The Morgan fingerprint density at radius 1 is 1.50 bits per heavy atom. The van der Waals surface area contributed by atoms with Gasteiger partial charge in [0.15, 0.2) is 0 Å². The minimum Gasteiger partial charge on any atom is -0.478 e. The minimum absolute atomic E-state index is 0.0545. The standard InChI is InChI=1S/C10H10N2O4/c13-10(14)8-5-7(12(15)16)3-4-9(8)11-6-1-2-6/h3-6,11H,1-2H2,(H,13,14). The molecule has 0 saturated heterocycles. The van der Waals surface area contributed by atoms with E-state index in [9.17, 15) is 14.9 Å². The van der Waals surface area contributed by atoms with Crippen molar-refractivity contribution in [2.45, 2.75) is 18.9 Å². The molecule has 2 N–H and O–H groups in total. The van der Waals surface area contributed by atoms with Crippen molar-refractivity contribution >= 4 is 17.3 Å². The number of hydrogen-bond donors (Lipinski definition) is 2. The summed E-state index contributed by atoms with van der Waals surface area (Å²) in [4.78, 5) is 20.8. The van der Waals surface area contributed by atoms with Gasteiger partial charge in [-0.1, -0.05) is 0 Å². The zero-order valence-electron chi connectivity index (χ0n) is 8.34. The summed E-state index contributed by atoms with van der Waals surface area (Å²) in [5.41, 5.74) is 0.181. The average Bonchev–Trinajstić information content (AvgIpc) is 3.01. The smallest absolute Gasteiger partial charge is 0.338 e. The van der Waals surface area contributed by atoms with E-state index in [0.717, 1.165) is 18.9 Å². The molecule has 0 atom stereocenters. The zero-order chi connectivity index (χ0) is 11.7. The zero-order valence-corrected chi connectivity index (χ0v) is 8.34. The number of non-ortho nitro benzene ring substituents is 1. The molecule has 0 amide bonds. The van der Waals surface area contributed by atoms with Gasteiger partial charge in [0.2, 0.25) is 0 Å². The maximum absolute atomic E-state index is 10.9. The lowest BCUT2D eigenvalue weighted by molar-refractivity contribution is -0.384. The Labute approximate surface area is 91.0 Å². The number of carboxylic acid groups (broad SMARTS) is 1. The summed E-state index contributed by atoms with van der Waals surface area (Å²) in [6.07, 6.45) is 2.02. The molecule has 6 heteroatoms. The fourth-order valence-electron chi connectivity index (χ4n) is 1.40. The molecule has 6 nitrogen and oxygen atoms in total. The number of nitrogens with zero attached hydrogens (tertiary/aromatic N) is 1. The quantitative estimate of drug-likeness (QED) is 0.599. The largest absolute Gasteiger partial charge is 0.478 e. The third-order valence-corrected chi connectivity index (χ3v) is 2.38. The van der Waals surface area contributed by atoms with Gasteiger partial charge in [0.25, 0.3) is 5.69 Å². The normalized spacial score (nSPS) is 14.5. The summed E-state index contributed by atoms with van der Waals surface area (Å²) < 4.78 is 0. The maximum Gasteiger partial charge on any atom is 0.338 e. The SMILES string of the molecule is O=C(O)c1cc([N+](=O)[O-])ccc1NC1CC1. The second kappa shape index (κ2) is 3.80. The van der Waals surface area contributed by atoms with Crippen LogP contribution in [0.2, 0.25) is 0 Å². The van der Waals surface area contributed by atoms with E-state index in [-0.39, 0.29) is 11.3 Å². The van der Waals surface area contributed by atoms with Crippen molar-refractivity contribution in [1.82, 2.24) is 0 Å². The predicted octanol–water partition coefficient (Wildman–Crippen LogP) is 1.87. The summed E-state index contributed by atoms with van der Waals surface area (Å²) in [5.74, 6) is -1.16. The van der Waals surface area contributed by atoms with Crippen LogP contribution in [0, 0.1) is 10.1 Å². The van der Waals surface area contributed by atoms with Crippen LogP contribution in [0.25, 0.3) is 0 Å². The van der Waals surface area contributed by atoms with Gasteiger partial charge in [-0.25, -0.2) is 4.79 Å². The number of carboxylic acids is 1. The molecule has 0 spiro atoms. The lowest BCUT2D eigenvalue weighted by Gasteiger charge is -2.07. The van der Waals surface area contributed by atoms with Gasteiger partial charge in [0, 0.05) is 23.9 Å². The van der Waals surface area contributed by atoms with Gasteiger partial charge in [0.1, 0.15) is 0 Å². The van der Waals surface area contributed by atoms with Crippen molar-refractivity contribution in [3.8, 4) is 0 Å². The van der Waals surface area contributed by atoms with Crippen LogP contribution in [-0.4, -0.2) is 22.0 Å². The van der Waals surface area contributed by atoms with Gasteiger partial charge in [-0.3, -0.25) is 10.1 Å². The van der Waals surface area contributed by atoms with Crippen LogP contribution in [0.3, 0.4) is 0 Å². The highest BCUT2D eigenvalue weighted by atomic mass is 16.6. The molecule has 0 heterocycles. The van der Waals surface area contributed by atoms with Crippen LogP contribution >= 0.6 is 0 Å². The minimum atomic E-state index is -1.16. The van der Waals surface area contributed by atoms with Crippen LogP contribution in [0.1, 0.15) is 23.2 Å². The summed E-state index contributed by atoms with van der Waals surface area (Å²) in [6, 6.07) is 4.13. The van der Waals surface area contributed by atoms with Crippen LogP contribution in [0.15, 0.2) is 18.2 Å². The van der Waals surface area contributed by atoms with Crippen LogP contribution in [0.4, 0.5) is 11.4 Å². The van der Waals surface area contributed by atoms with E-state index in [0.29, 0.717) is 11.7 Å². The number of nitrogens with one attached hydrogen (secondary N) is 1. The van der Waals surface area contributed by atoms with Crippen LogP contribution < -0.4 is 5.32 Å². The van der Waals surface area contributed by atoms with E-state index >= 15 is 0 Å². The fraction of sp³-hybridized carbons (Fsp3) is 0.300. The Morgan fingerprint density at radius 3 is 2.69 bits per heavy atom.